The summed E-state index contributed by atoms with van der Waals surface area (Å²) in [6, 6.07) is 14.2. The van der Waals surface area contributed by atoms with Gasteiger partial charge in [-0.3, -0.25) is 0 Å². The van der Waals surface area contributed by atoms with Crippen LogP contribution in [0.5, 0.6) is 0 Å². The van der Waals surface area contributed by atoms with Gasteiger partial charge in [-0.1, -0.05) is 61.2 Å². The number of carbonyl (C=O) groups excluding carboxylic acids is 3. The monoisotopic (exact) mass is 409 g/mol. The van der Waals surface area contributed by atoms with Crippen LogP contribution < -0.4 is 15.7 Å². The molecule has 1 atom stereocenters. The Bertz CT molecular complexity index is 913. The minimum Gasteiger partial charge on any atom is -0.548 e. The number of benzene rings is 2. The summed E-state index contributed by atoms with van der Waals surface area (Å²) in [4.78, 5) is 34.8. The van der Waals surface area contributed by atoms with E-state index in [1.165, 1.54) is 6.08 Å². The Morgan fingerprint density at radius 1 is 1.00 bits per heavy atom. The zero-order chi connectivity index (χ0) is 21.5. The highest BCUT2D eigenvalue weighted by atomic mass is 16.6. The number of hydrogen-bond acceptors (Lipinski definition) is 6. The summed E-state index contributed by atoms with van der Waals surface area (Å²) in [6.07, 6.45) is -0.395. The average Bonchev–Trinajstić information content (AvgIpc) is 3.07. The molecule has 8 nitrogen and oxygen atoms in total. The quantitative estimate of drug-likeness (QED) is 0.639. The number of rotatable bonds is 8. The lowest BCUT2D eigenvalue weighted by Crippen LogP contribution is -2.53. The molecule has 2 amide bonds. The fourth-order valence-electron chi connectivity index (χ4n) is 3.35. The Labute approximate surface area is 173 Å². The number of nitrogens with one attached hydrogen (secondary N) is 2. The van der Waals surface area contributed by atoms with Crippen molar-refractivity contribution < 1.29 is 29.0 Å². The van der Waals surface area contributed by atoms with Crippen molar-refractivity contribution in [1.29, 1.82) is 0 Å². The number of alkyl carbamates (subject to hydrolysis) is 2. The number of aliphatic carboxylic acids is 1. The van der Waals surface area contributed by atoms with Crippen molar-refractivity contribution in [3.8, 4) is 11.1 Å². The van der Waals surface area contributed by atoms with Gasteiger partial charge in [-0.15, -0.1) is 0 Å². The van der Waals surface area contributed by atoms with E-state index in [2.05, 4.69) is 21.9 Å². The number of carbonyl (C=O) groups is 3. The maximum Gasteiger partial charge on any atom is 0.407 e. The molecule has 0 bridgehead atoms. The zero-order valence-corrected chi connectivity index (χ0v) is 16.1. The lowest BCUT2D eigenvalue weighted by atomic mass is 9.98. The summed E-state index contributed by atoms with van der Waals surface area (Å²) in [7, 11) is 0. The summed E-state index contributed by atoms with van der Waals surface area (Å²) < 4.78 is 9.98. The van der Waals surface area contributed by atoms with Gasteiger partial charge in [0, 0.05) is 12.5 Å². The summed E-state index contributed by atoms with van der Waals surface area (Å²) >= 11 is 0. The van der Waals surface area contributed by atoms with Crippen LogP contribution >= 0.6 is 0 Å². The third kappa shape index (κ3) is 4.78. The summed E-state index contributed by atoms with van der Waals surface area (Å²) in [6.45, 7) is 2.99. The van der Waals surface area contributed by atoms with E-state index in [1.54, 1.807) is 0 Å². The first-order valence-corrected chi connectivity index (χ1v) is 9.35. The van der Waals surface area contributed by atoms with E-state index in [-0.39, 0.29) is 19.1 Å². The van der Waals surface area contributed by atoms with Gasteiger partial charge in [0.1, 0.15) is 13.2 Å². The van der Waals surface area contributed by atoms with Gasteiger partial charge in [-0.05, 0) is 22.3 Å². The predicted molar refractivity (Wildman–Crippen MR) is 107 cm³/mol. The van der Waals surface area contributed by atoms with Crippen LogP contribution in [0.2, 0.25) is 0 Å². The van der Waals surface area contributed by atoms with Crippen molar-refractivity contribution in [2.24, 2.45) is 0 Å². The SMILES string of the molecule is C=CCOC(=O)NC[C@H](NC(=O)OCC1c2ccccc2-c2ccccc21)C(=O)[O-]. The molecular formula is C22H21N2O6-. The van der Waals surface area contributed by atoms with Gasteiger partial charge < -0.3 is 30.0 Å². The highest BCUT2D eigenvalue weighted by molar-refractivity contribution is 5.81. The largest absolute Gasteiger partial charge is 0.548 e. The number of hydrogen-bond donors (Lipinski definition) is 2. The Morgan fingerprint density at radius 2 is 1.60 bits per heavy atom. The van der Waals surface area contributed by atoms with Crippen LogP contribution in [0.4, 0.5) is 9.59 Å². The Balaban J connectivity index is 1.59. The molecule has 8 heteroatoms. The normalized spacial score (nSPS) is 12.8. The maximum atomic E-state index is 12.2. The summed E-state index contributed by atoms with van der Waals surface area (Å²) in [5.74, 6) is -1.72. The van der Waals surface area contributed by atoms with Crippen LogP contribution in [0, 0.1) is 0 Å². The molecule has 0 unspecified atom stereocenters. The Hall–Kier alpha value is -3.81. The molecule has 1 aliphatic rings. The lowest BCUT2D eigenvalue weighted by molar-refractivity contribution is -0.308. The Morgan fingerprint density at radius 3 is 2.17 bits per heavy atom. The molecule has 0 radical (unpaired) electrons. The number of fused-ring (bicyclic) bond motifs is 3. The molecule has 0 saturated carbocycles. The summed E-state index contributed by atoms with van der Waals surface area (Å²) in [5.41, 5.74) is 4.23. The topological polar surface area (TPSA) is 117 Å². The van der Waals surface area contributed by atoms with Gasteiger partial charge in [-0.25, -0.2) is 9.59 Å². The van der Waals surface area contributed by atoms with E-state index in [9.17, 15) is 19.5 Å². The number of amides is 2. The molecule has 0 spiro atoms. The van der Waals surface area contributed by atoms with E-state index >= 15 is 0 Å². The van der Waals surface area contributed by atoms with Crippen LogP contribution in [0.3, 0.4) is 0 Å². The first-order chi connectivity index (χ1) is 14.5. The molecular weight excluding hydrogens is 388 g/mol. The van der Waals surface area contributed by atoms with Gasteiger partial charge in [0.05, 0.1) is 12.0 Å². The fraction of sp³-hybridized carbons (Fsp3) is 0.227. The van der Waals surface area contributed by atoms with Gasteiger partial charge in [0.25, 0.3) is 0 Å². The fourth-order valence-corrected chi connectivity index (χ4v) is 3.35. The smallest absolute Gasteiger partial charge is 0.407 e. The van der Waals surface area contributed by atoms with E-state index in [0.29, 0.717) is 0 Å². The average molecular weight is 409 g/mol. The number of carboxylic acids is 1. The van der Waals surface area contributed by atoms with E-state index in [0.717, 1.165) is 22.3 Å². The molecule has 30 heavy (non-hydrogen) atoms. The molecule has 0 aliphatic heterocycles. The molecule has 2 aromatic rings. The van der Waals surface area contributed by atoms with Crippen molar-refractivity contribution in [3.05, 3.63) is 72.3 Å². The maximum absolute atomic E-state index is 12.2. The van der Waals surface area contributed by atoms with Gasteiger partial charge in [-0.2, -0.15) is 0 Å². The second-order valence-electron chi connectivity index (χ2n) is 6.61. The molecule has 1 aliphatic carbocycles. The number of carboxylic acid groups (broad SMARTS) is 1. The highest BCUT2D eigenvalue weighted by Gasteiger charge is 2.29. The zero-order valence-electron chi connectivity index (χ0n) is 16.1. The third-order valence-corrected chi connectivity index (χ3v) is 4.70. The third-order valence-electron chi connectivity index (χ3n) is 4.70. The number of ether oxygens (including phenoxy) is 2. The van der Waals surface area contributed by atoms with E-state index in [4.69, 9.17) is 4.74 Å². The standard InChI is InChI=1S/C22H22N2O6/c1-2-11-29-21(27)23-12-19(20(25)26)24-22(28)30-13-18-16-9-5-3-7-14(16)15-8-4-6-10-17(15)18/h2-10,18-19H,1,11-13H2,(H,23,27)(H,24,28)(H,25,26)/p-1/t19-/m0/s1. The molecule has 156 valence electrons. The van der Waals surface area contributed by atoms with Gasteiger partial charge in [0.2, 0.25) is 0 Å². The minimum atomic E-state index is -1.56. The van der Waals surface area contributed by atoms with Crippen LogP contribution in [-0.2, 0) is 14.3 Å². The minimum absolute atomic E-state index is 0.0262. The lowest BCUT2D eigenvalue weighted by Gasteiger charge is -2.21. The van der Waals surface area contributed by atoms with Gasteiger partial charge >= 0.3 is 12.2 Å². The van der Waals surface area contributed by atoms with Crippen LogP contribution in [0.1, 0.15) is 17.0 Å². The first kappa shape index (κ1) is 20.9. The molecule has 0 aromatic heterocycles. The first-order valence-electron chi connectivity index (χ1n) is 9.35. The molecule has 3 rings (SSSR count). The van der Waals surface area contributed by atoms with Crippen LogP contribution in [-0.4, -0.2) is 44.0 Å². The highest BCUT2D eigenvalue weighted by Crippen LogP contribution is 2.44. The van der Waals surface area contributed by atoms with E-state index in [1.807, 2.05) is 48.5 Å². The molecule has 0 heterocycles. The van der Waals surface area contributed by atoms with Crippen LogP contribution in [0.15, 0.2) is 61.2 Å². The second-order valence-corrected chi connectivity index (χ2v) is 6.61. The van der Waals surface area contributed by atoms with Crippen molar-refractivity contribution in [2.75, 3.05) is 19.8 Å². The van der Waals surface area contributed by atoms with E-state index < -0.39 is 30.7 Å². The van der Waals surface area contributed by atoms with Crippen molar-refractivity contribution in [2.45, 2.75) is 12.0 Å². The molecule has 2 aromatic carbocycles. The molecule has 0 saturated heterocycles. The summed E-state index contributed by atoms with van der Waals surface area (Å²) in [5, 5.41) is 15.7. The van der Waals surface area contributed by atoms with Gasteiger partial charge in [0.15, 0.2) is 0 Å². The second kappa shape index (κ2) is 9.60. The van der Waals surface area contributed by atoms with Crippen molar-refractivity contribution in [3.63, 3.8) is 0 Å². The molecule has 2 N–H and O–H groups in total. The Kier molecular flexibility index (Phi) is 6.69. The van der Waals surface area contributed by atoms with Crippen molar-refractivity contribution >= 4 is 18.2 Å². The van der Waals surface area contributed by atoms with Crippen molar-refractivity contribution in [1.82, 2.24) is 10.6 Å². The predicted octanol–water partition coefficient (Wildman–Crippen LogP) is 1.56. The molecule has 0 fully saturated rings. The van der Waals surface area contributed by atoms with Crippen LogP contribution in [0.25, 0.3) is 11.1 Å².